The minimum Gasteiger partial charge on any atom is -0.330 e. The first-order chi connectivity index (χ1) is 4.55. The largest absolute Gasteiger partial charge is 1.00 e. The third kappa shape index (κ3) is 2.24. The molecule has 0 bridgehead atoms. The molecule has 0 spiro atoms. The number of hydrogen-bond donors (Lipinski definition) is 0. The van der Waals surface area contributed by atoms with Gasteiger partial charge in [0.25, 0.3) is 0 Å². The summed E-state index contributed by atoms with van der Waals surface area (Å²) in [6.45, 7) is 8.14. The Balaban J connectivity index is 0.000001000. The van der Waals surface area contributed by atoms with Crippen molar-refractivity contribution in [3.63, 3.8) is 0 Å². The van der Waals surface area contributed by atoms with Crippen molar-refractivity contribution >= 4 is 0 Å². The van der Waals surface area contributed by atoms with E-state index in [9.17, 15) is 0 Å². The minimum atomic E-state index is 0. The van der Waals surface area contributed by atoms with Gasteiger partial charge in [0.1, 0.15) is 0 Å². The van der Waals surface area contributed by atoms with Gasteiger partial charge in [-0.1, -0.05) is 20.3 Å². The fourth-order valence-corrected chi connectivity index (χ4v) is 1.49. The van der Waals surface area contributed by atoms with Crippen LogP contribution in [0.1, 0.15) is 33.6 Å². The Morgan fingerprint density at radius 2 is 1.91 bits per heavy atom. The number of piperidine rings is 1. The Morgan fingerprint density at radius 1 is 1.36 bits per heavy atom. The molecule has 0 amide bonds. The van der Waals surface area contributed by atoms with Crippen molar-refractivity contribution in [2.75, 3.05) is 13.6 Å². The Kier molecular flexibility index (Phi) is 4.19. The number of rotatable bonds is 0. The van der Waals surface area contributed by atoms with Gasteiger partial charge in [-0.2, -0.15) is 13.3 Å². The van der Waals surface area contributed by atoms with Crippen molar-refractivity contribution in [1.82, 2.24) is 4.90 Å². The Hall–Kier alpha value is 0.557. The molecule has 0 aromatic heterocycles. The summed E-state index contributed by atoms with van der Waals surface area (Å²) >= 11 is 0. The summed E-state index contributed by atoms with van der Waals surface area (Å²) in [6.07, 6.45) is 2.66. The summed E-state index contributed by atoms with van der Waals surface area (Å²) in [5.74, 6) is 1.63. The Morgan fingerprint density at radius 3 is 2.27 bits per heavy atom. The fraction of sp³-hybridized carbons (Fsp3) is 0.889. The van der Waals surface area contributed by atoms with E-state index in [1.807, 2.05) is 0 Å². The Labute approximate surface area is 82.7 Å². The van der Waals surface area contributed by atoms with E-state index in [1.54, 1.807) is 5.92 Å². The molecule has 1 aliphatic heterocycles. The molecule has 0 atom stereocenters. The fourth-order valence-electron chi connectivity index (χ4n) is 1.49. The van der Waals surface area contributed by atoms with Crippen LogP contribution < -0.4 is 18.9 Å². The van der Waals surface area contributed by atoms with Crippen LogP contribution in [0, 0.1) is 5.92 Å². The molecule has 1 rings (SSSR count). The molecule has 11 heavy (non-hydrogen) atoms. The summed E-state index contributed by atoms with van der Waals surface area (Å²) in [5, 5.41) is 0. The zero-order valence-electron chi connectivity index (χ0n) is 8.57. The SMILES string of the molecule is C[C-]1CCCN(C)C1(C)C.[Li+]. The summed E-state index contributed by atoms with van der Waals surface area (Å²) in [4.78, 5) is 2.44. The molecular formula is C9H18LiN. The van der Waals surface area contributed by atoms with Crippen molar-refractivity contribution in [2.24, 2.45) is 0 Å². The maximum absolute atomic E-state index is 2.44. The maximum Gasteiger partial charge on any atom is 1.00 e. The molecular weight excluding hydrogens is 129 g/mol. The minimum absolute atomic E-state index is 0. The van der Waals surface area contributed by atoms with Crippen molar-refractivity contribution in [3.8, 4) is 0 Å². The van der Waals surface area contributed by atoms with Crippen molar-refractivity contribution in [2.45, 2.75) is 39.2 Å². The van der Waals surface area contributed by atoms with E-state index < -0.39 is 0 Å². The van der Waals surface area contributed by atoms with Gasteiger partial charge in [0, 0.05) is 0 Å². The Bertz CT molecular complexity index is 111. The molecule has 1 heterocycles. The van der Waals surface area contributed by atoms with E-state index in [2.05, 4.69) is 32.7 Å². The van der Waals surface area contributed by atoms with Gasteiger partial charge in [0.15, 0.2) is 0 Å². The molecule has 60 valence electrons. The zero-order chi connectivity index (χ0) is 7.78. The van der Waals surface area contributed by atoms with E-state index in [0.717, 1.165) is 0 Å². The number of hydrogen-bond acceptors (Lipinski definition) is 1. The summed E-state index contributed by atoms with van der Waals surface area (Å²) in [5.41, 5.74) is 0.345. The normalized spacial score (nSPS) is 26.2. The molecule has 1 saturated heterocycles. The molecule has 0 saturated carbocycles. The van der Waals surface area contributed by atoms with Crippen LogP contribution in [0.25, 0.3) is 0 Å². The van der Waals surface area contributed by atoms with Crippen LogP contribution in [0.5, 0.6) is 0 Å². The topological polar surface area (TPSA) is 3.24 Å². The van der Waals surface area contributed by atoms with E-state index in [1.165, 1.54) is 19.4 Å². The van der Waals surface area contributed by atoms with Gasteiger partial charge in [-0.25, -0.2) is 0 Å². The van der Waals surface area contributed by atoms with Gasteiger partial charge in [-0.3, -0.25) is 5.92 Å². The predicted molar refractivity (Wildman–Crippen MR) is 44.9 cm³/mol. The number of likely N-dealkylation sites (tertiary alicyclic amines) is 1. The first kappa shape index (κ1) is 11.6. The average molecular weight is 147 g/mol. The van der Waals surface area contributed by atoms with Crippen molar-refractivity contribution in [1.29, 1.82) is 0 Å². The van der Waals surface area contributed by atoms with Gasteiger partial charge < -0.3 is 4.90 Å². The predicted octanol–water partition coefficient (Wildman–Crippen LogP) is -0.911. The third-order valence-electron chi connectivity index (χ3n) is 3.04. The molecule has 0 radical (unpaired) electrons. The van der Waals surface area contributed by atoms with Gasteiger partial charge >= 0.3 is 18.9 Å². The molecule has 2 heteroatoms. The summed E-state index contributed by atoms with van der Waals surface area (Å²) in [7, 11) is 2.21. The van der Waals surface area contributed by atoms with Crippen molar-refractivity contribution in [3.05, 3.63) is 5.92 Å². The smallest absolute Gasteiger partial charge is 0.330 e. The molecule has 0 aromatic rings. The molecule has 1 fully saturated rings. The monoisotopic (exact) mass is 147 g/mol. The summed E-state index contributed by atoms with van der Waals surface area (Å²) in [6, 6.07) is 0. The quantitative estimate of drug-likeness (QED) is 0.317. The molecule has 1 nitrogen and oxygen atoms in total. The standard InChI is InChI=1S/C9H18N.Li/c1-8-6-5-7-10(4)9(8,2)3;/h5-7H2,1-4H3;/q-1;+1. The first-order valence-corrected chi connectivity index (χ1v) is 4.09. The second-order valence-electron chi connectivity index (χ2n) is 3.86. The van der Waals surface area contributed by atoms with Gasteiger partial charge in [0.2, 0.25) is 0 Å². The molecule has 0 N–H and O–H groups in total. The molecule has 0 aliphatic carbocycles. The van der Waals surface area contributed by atoms with Gasteiger partial charge in [-0.05, 0) is 13.6 Å². The number of nitrogens with zero attached hydrogens (tertiary/aromatic N) is 1. The van der Waals surface area contributed by atoms with Gasteiger partial charge in [0.05, 0.1) is 0 Å². The van der Waals surface area contributed by atoms with E-state index in [-0.39, 0.29) is 18.9 Å². The van der Waals surface area contributed by atoms with Gasteiger partial charge in [-0.15, -0.1) is 5.54 Å². The van der Waals surface area contributed by atoms with Crippen LogP contribution in [0.15, 0.2) is 0 Å². The van der Waals surface area contributed by atoms with E-state index in [0.29, 0.717) is 5.54 Å². The van der Waals surface area contributed by atoms with Crippen molar-refractivity contribution < 1.29 is 18.9 Å². The summed E-state index contributed by atoms with van der Waals surface area (Å²) < 4.78 is 0. The van der Waals surface area contributed by atoms with Crippen LogP contribution in [0.2, 0.25) is 0 Å². The third-order valence-corrected chi connectivity index (χ3v) is 3.04. The first-order valence-electron chi connectivity index (χ1n) is 4.09. The van der Waals surface area contributed by atoms with Crippen LogP contribution in [-0.2, 0) is 0 Å². The second-order valence-corrected chi connectivity index (χ2v) is 3.86. The molecule has 1 aliphatic rings. The molecule has 0 aromatic carbocycles. The van der Waals surface area contributed by atoms with Crippen LogP contribution in [-0.4, -0.2) is 24.0 Å². The van der Waals surface area contributed by atoms with Crippen LogP contribution in [0.4, 0.5) is 0 Å². The zero-order valence-corrected chi connectivity index (χ0v) is 8.57. The van der Waals surface area contributed by atoms with Crippen LogP contribution in [0.3, 0.4) is 0 Å². The van der Waals surface area contributed by atoms with Crippen LogP contribution >= 0.6 is 0 Å². The van der Waals surface area contributed by atoms with E-state index >= 15 is 0 Å². The van der Waals surface area contributed by atoms with E-state index in [4.69, 9.17) is 0 Å². The second kappa shape index (κ2) is 3.98. The average Bonchev–Trinajstić information content (AvgIpc) is 1.84. The maximum atomic E-state index is 2.44. The molecule has 0 unspecified atom stereocenters.